The molecular formula is C41H52N6O3. The summed E-state index contributed by atoms with van der Waals surface area (Å²) in [5.74, 6) is 2.75. The summed E-state index contributed by atoms with van der Waals surface area (Å²) in [6.07, 6.45) is 6.35. The molecule has 9 nitrogen and oxygen atoms in total. The highest BCUT2D eigenvalue weighted by Gasteiger charge is 2.29. The summed E-state index contributed by atoms with van der Waals surface area (Å²) in [5, 5.41) is 2.10. The van der Waals surface area contributed by atoms with E-state index in [1.54, 1.807) is 0 Å². The highest BCUT2D eigenvalue weighted by Crippen LogP contribution is 2.43. The molecule has 3 heterocycles. The fourth-order valence-electron chi connectivity index (χ4n) is 7.40. The van der Waals surface area contributed by atoms with Crippen molar-refractivity contribution in [3.8, 4) is 28.1 Å². The Morgan fingerprint density at radius 3 is 2.10 bits per heavy atom. The summed E-state index contributed by atoms with van der Waals surface area (Å²) in [7, 11) is 0. The van der Waals surface area contributed by atoms with E-state index in [0.717, 1.165) is 92.8 Å². The summed E-state index contributed by atoms with van der Waals surface area (Å²) < 4.78 is 6.40. The van der Waals surface area contributed by atoms with E-state index in [1.807, 2.05) is 29.8 Å². The van der Waals surface area contributed by atoms with Crippen molar-refractivity contribution < 1.29 is 14.3 Å². The van der Waals surface area contributed by atoms with E-state index in [4.69, 9.17) is 14.7 Å². The number of H-pyrrole nitrogens is 2. The van der Waals surface area contributed by atoms with Gasteiger partial charge in [0.1, 0.15) is 24.0 Å². The highest BCUT2D eigenvalue weighted by molar-refractivity contribution is 6.07. The van der Waals surface area contributed by atoms with E-state index in [-0.39, 0.29) is 36.0 Å². The first-order valence-corrected chi connectivity index (χ1v) is 18.5. The van der Waals surface area contributed by atoms with Crippen LogP contribution >= 0.6 is 0 Å². The minimum atomic E-state index is -0.169. The third-order valence-corrected chi connectivity index (χ3v) is 10.5. The van der Waals surface area contributed by atoms with Gasteiger partial charge >= 0.3 is 0 Å². The second-order valence-corrected chi connectivity index (χ2v) is 14.0. The van der Waals surface area contributed by atoms with Gasteiger partial charge in [-0.3, -0.25) is 9.59 Å². The Morgan fingerprint density at radius 1 is 0.800 bits per heavy atom. The lowest BCUT2D eigenvalue weighted by Crippen LogP contribution is -2.40. The molecule has 50 heavy (non-hydrogen) atoms. The van der Waals surface area contributed by atoms with Gasteiger partial charge in [-0.15, -0.1) is 0 Å². The van der Waals surface area contributed by atoms with E-state index in [2.05, 4.69) is 94.0 Å². The normalized spacial score (nSPS) is 14.8. The number of hydrogen-bond donors (Lipinski definition) is 2. The minimum Gasteiger partial charge on any atom is -0.488 e. The number of fused-ring (bicyclic) bond motifs is 6. The van der Waals surface area contributed by atoms with Crippen LogP contribution in [0.2, 0.25) is 0 Å². The van der Waals surface area contributed by atoms with Gasteiger partial charge in [0.05, 0.1) is 35.0 Å². The smallest absolute Gasteiger partial charge is 0.223 e. The van der Waals surface area contributed by atoms with Crippen molar-refractivity contribution in [2.75, 3.05) is 0 Å². The fourth-order valence-corrected chi connectivity index (χ4v) is 7.40. The minimum absolute atomic E-state index is 0.120. The molecule has 5 aromatic rings. The summed E-state index contributed by atoms with van der Waals surface area (Å²) in [4.78, 5) is 46.9. The van der Waals surface area contributed by atoms with E-state index >= 15 is 0 Å². The molecule has 0 spiro atoms. The standard InChI is InChI=1S/C41H52N6O3/c1-9-13-37(48)46(24(5)11-3)26(7)40-42-22-35(44-40)29-15-17-31-30(19-29)23-50-36-21-32-28(20-33(31)36)16-18-34-39(32)45-41(43-34)27(8)47(25(6)12-4)38(49)14-10-2/h15-22,24-27H,9-14,23H2,1-8H3,(H,42,44)(H,43,45)/t24-,25-,26-,27-/m0/s1. The second kappa shape index (κ2) is 14.7. The third kappa shape index (κ3) is 6.50. The molecule has 0 radical (unpaired) electrons. The lowest BCUT2D eigenvalue weighted by Gasteiger charge is -2.33. The molecule has 3 aromatic carbocycles. The summed E-state index contributed by atoms with van der Waals surface area (Å²) in [6.45, 7) is 17.1. The molecule has 264 valence electrons. The van der Waals surface area contributed by atoms with Gasteiger partial charge in [-0.25, -0.2) is 9.97 Å². The Morgan fingerprint density at radius 2 is 1.46 bits per heavy atom. The summed E-state index contributed by atoms with van der Waals surface area (Å²) in [6, 6.07) is 14.9. The second-order valence-electron chi connectivity index (χ2n) is 14.0. The molecule has 0 saturated carbocycles. The van der Waals surface area contributed by atoms with Crippen LogP contribution in [0, 0.1) is 0 Å². The van der Waals surface area contributed by atoms with Crippen LogP contribution in [0.25, 0.3) is 44.2 Å². The van der Waals surface area contributed by atoms with Crippen LogP contribution in [0.1, 0.15) is 123 Å². The van der Waals surface area contributed by atoms with Crippen LogP contribution in [0.15, 0.2) is 48.7 Å². The Bertz CT molecular complexity index is 2010. The molecule has 4 atom stereocenters. The van der Waals surface area contributed by atoms with E-state index in [0.29, 0.717) is 19.4 Å². The van der Waals surface area contributed by atoms with Crippen molar-refractivity contribution in [3.05, 3.63) is 65.9 Å². The average molecular weight is 677 g/mol. The first kappa shape index (κ1) is 35.2. The summed E-state index contributed by atoms with van der Waals surface area (Å²) in [5.41, 5.74) is 7.09. The number of nitrogens with zero attached hydrogens (tertiary/aromatic N) is 4. The molecule has 1 aliphatic heterocycles. The van der Waals surface area contributed by atoms with Crippen LogP contribution in [0.4, 0.5) is 0 Å². The lowest BCUT2D eigenvalue weighted by atomic mass is 9.92. The van der Waals surface area contributed by atoms with Crippen molar-refractivity contribution in [3.63, 3.8) is 0 Å². The maximum atomic E-state index is 13.1. The highest BCUT2D eigenvalue weighted by atomic mass is 16.5. The first-order chi connectivity index (χ1) is 24.1. The van der Waals surface area contributed by atoms with Gasteiger partial charge < -0.3 is 24.5 Å². The molecule has 2 N–H and O–H groups in total. The molecule has 0 unspecified atom stereocenters. The predicted molar refractivity (Wildman–Crippen MR) is 201 cm³/mol. The number of carbonyl (C=O) groups excluding carboxylic acids is 2. The molecule has 2 aromatic heterocycles. The van der Waals surface area contributed by atoms with Gasteiger partial charge in [0.2, 0.25) is 11.8 Å². The van der Waals surface area contributed by atoms with E-state index in [9.17, 15) is 9.59 Å². The molecule has 0 saturated heterocycles. The number of aromatic nitrogens is 4. The van der Waals surface area contributed by atoms with Gasteiger partial charge in [-0.05, 0) is 99.7 Å². The van der Waals surface area contributed by atoms with Gasteiger partial charge in [0, 0.05) is 35.9 Å². The number of rotatable bonds is 13. The quantitative estimate of drug-likeness (QED) is 0.129. The maximum absolute atomic E-state index is 13.1. The fraction of sp³-hybridized carbons (Fsp3) is 0.463. The zero-order valence-electron chi connectivity index (χ0n) is 30.9. The monoisotopic (exact) mass is 676 g/mol. The van der Waals surface area contributed by atoms with Crippen molar-refractivity contribution >= 4 is 33.6 Å². The van der Waals surface area contributed by atoms with Crippen molar-refractivity contribution in [2.24, 2.45) is 0 Å². The van der Waals surface area contributed by atoms with Crippen molar-refractivity contribution in [2.45, 2.75) is 125 Å². The van der Waals surface area contributed by atoms with Gasteiger partial charge in [-0.1, -0.05) is 45.9 Å². The molecule has 9 heteroatoms. The Hall–Kier alpha value is -4.66. The largest absolute Gasteiger partial charge is 0.488 e. The van der Waals surface area contributed by atoms with Gasteiger partial charge in [0.15, 0.2) is 0 Å². The van der Waals surface area contributed by atoms with Gasteiger partial charge in [-0.2, -0.15) is 0 Å². The number of benzene rings is 3. The van der Waals surface area contributed by atoms with E-state index in [1.165, 1.54) is 0 Å². The molecule has 0 aliphatic carbocycles. The number of imidazole rings is 2. The third-order valence-electron chi connectivity index (χ3n) is 10.5. The first-order valence-electron chi connectivity index (χ1n) is 18.5. The van der Waals surface area contributed by atoms with Crippen LogP contribution in [-0.2, 0) is 16.2 Å². The number of carbonyl (C=O) groups is 2. The summed E-state index contributed by atoms with van der Waals surface area (Å²) >= 11 is 0. The number of aromatic amines is 2. The van der Waals surface area contributed by atoms with Crippen LogP contribution in [-0.4, -0.2) is 53.6 Å². The Balaban J connectivity index is 1.29. The predicted octanol–water partition coefficient (Wildman–Crippen LogP) is 9.64. The molecule has 1 aliphatic rings. The molecule has 0 bridgehead atoms. The van der Waals surface area contributed by atoms with Crippen LogP contribution in [0.3, 0.4) is 0 Å². The van der Waals surface area contributed by atoms with Crippen molar-refractivity contribution in [1.82, 2.24) is 29.7 Å². The molecular weight excluding hydrogens is 624 g/mol. The average Bonchev–Trinajstić information content (AvgIpc) is 3.79. The maximum Gasteiger partial charge on any atom is 0.223 e. The van der Waals surface area contributed by atoms with Crippen molar-refractivity contribution in [1.29, 1.82) is 0 Å². The van der Waals surface area contributed by atoms with E-state index < -0.39 is 0 Å². The lowest BCUT2D eigenvalue weighted by molar-refractivity contribution is -0.136. The van der Waals surface area contributed by atoms with Crippen LogP contribution < -0.4 is 4.74 Å². The number of hydrogen-bond acceptors (Lipinski definition) is 5. The topological polar surface area (TPSA) is 107 Å². The SMILES string of the molecule is CCCC(=O)N([C@@H](C)CC)[C@@H](C)c1ncc(-c2ccc3c(c2)COc2cc4c(ccc5[nH]c([C@H](C)N(C(=O)CCC)[C@@H](C)CC)nc54)cc2-3)[nH]1. The Kier molecular flexibility index (Phi) is 10.3. The van der Waals surface area contributed by atoms with Crippen LogP contribution in [0.5, 0.6) is 5.75 Å². The zero-order chi connectivity index (χ0) is 35.7. The number of ether oxygens (including phenoxy) is 1. The molecule has 0 fully saturated rings. The zero-order valence-corrected chi connectivity index (χ0v) is 30.9. The Labute approximate surface area is 295 Å². The molecule has 6 rings (SSSR count). The number of amides is 2. The number of nitrogens with one attached hydrogen (secondary N) is 2. The molecule has 2 amide bonds. The van der Waals surface area contributed by atoms with Gasteiger partial charge in [0.25, 0.3) is 0 Å².